The van der Waals surface area contributed by atoms with E-state index in [0.29, 0.717) is 33.4 Å². The number of sulfonamides is 1. The molecule has 4 aromatic carbocycles. The molecule has 0 spiro atoms. The normalized spacial score (nSPS) is 11.9. The van der Waals surface area contributed by atoms with E-state index in [9.17, 15) is 18.0 Å². The molecule has 4 rings (SSSR count). The van der Waals surface area contributed by atoms with E-state index in [1.165, 1.54) is 17.0 Å². The highest BCUT2D eigenvalue weighted by Crippen LogP contribution is 2.30. The molecule has 0 aromatic heterocycles. The number of anilines is 1. The molecule has 46 heavy (non-hydrogen) atoms. The molecule has 0 bridgehead atoms. The molecule has 7 nitrogen and oxygen atoms in total. The fourth-order valence-corrected chi connectivity index (χ4v) is 7.10. The number of hydrogen-bond acceptors (Lipinski definition) is 4. The van der Waals surface area contributed by atoms with Crippen molar-refractivity contribution in [1.29, 1.82) is 0 Å². The molecule has 0 fully saturated rings. The molecule has 0 aliphatic rings. The zero-order valence-corrected chi connectivity index (χ0v) is 28.6. The van der Waals surface area contributed by atoms with Crippen LogP contribution in [0.5, 0.6) is 0 Å². The summed E-state index contributed by atoms with van der Waals surface area (Å²) in [6.45, 7) is 5.45. The van der Waals surface area contributed by atoms with Gasteiger partial charge in [0.05, 0.1) is 10.6 Å². The van der Waals surface area contributed by atoms with E-state index in [2.05, 4.69) is 5.32 Å². The number of aryl methyl sites for hydroxylation is 2. The Morgan fingerprint density at radius 1 is 0.826 bits per heavy atom. The summed E-state index contributed by atoms with van der Waals surface area (Å²) in [6, 6.07) is 26.9. The number of hydrogen-bond donors (Lipinski definition) is 1. The fourth-order valence-electron chi connectivity index (χ4n) is 5.11. The van der Waals surface area contributed by atoms with Crippen LogP contribution in [0.25, 0.3) is 0 Å². The number of nitrogens with one attached hydrogen (secondary N) is 1. The van der Waals surface area contributed by atoms with E-state index in [4.69, 9.17) is 23.2 Å². The van der Waals surface area contributed by atoms with E-state index in [-0.39, 0.29) is 23.8 Å². The molecule has 0 heterocycles. The maximum atomic E-state index is 14.6. The van der Waals surface area contributed by atoms with E-state index in [1.807, 2.05) is 44.2 Å². The van der Waals surface area contributed by atoms with Crippen LogP contribution in [0.4, 0.5) is 5.69 Å². The van der Waals surface area contributed by atoms with Crippen molar-refractivity contribution in [3.05, 3.63) is 129 Å². The Hall–Kier alpha value is -3.85. The molecule has 2 amide bonds. The number of benzene rings is 4. The monoisotopic (exact) mass is 679 g/mol. The van der Waals surface area contributed by atoms with Crippen LogP contribution in [0.3, 0.4) is 0 Å². The third-order valence-electron chi connectivity index (χ3n) is 7.76. The van der Waals surface area contributed by atoms with Crippen LogP contribution in [0.15, 0.2) is 102 Å². The molecule has 0 aliphatic heterocycles. The molecular formula is C36H39Cl2N3O4S. The number of rotatable bonds is 14. The second-order valence-corrected chi connectivity index (χ2v) is 13.9. The van der Waals surface area contributed by atoms with E-state index >= 15 is 0 Å². The minimum atomic E-state index is -4.20. The van der Waals surface area contributed by atoms with Gasteiger partial charge in [-0.25, -0.2) is 8.42 Å². The largest absolute Gasteiger partial charge is 0.354 e. The van der Waals surface area contributed by atoms with Crippen molar-refractivity contribution in [2.75, 3.05) is 17.4 Å². The zero-order chi connectivity index (χ0) is 33.3. The Morgan fingerprint density at radius 3 is 2.09 bits per heavy atom. The minimum absolute atomic E-state index is 0.0491. The van der Waals surface area contributed by atoms with Gasteiger partial charge in [0.2, 0.25) is 11.8 Å². The van der Waals surface area contributed by atoms with Gasteiger partial charge in [-0.1, -0.05) is 109 Å². The summed E-state index contributed by atoms with van der Waals surface area (Å²) in [5, 5.41) is 3.64. The molecule has 1 atom stereocenters. The second-order valence-electron chi connectivity index (χ2n) is 11.2. The van der Waals surface area contributed by atoms with Crippen LogP contribution in [0.2, 0.25) is 10.0 Å². The Kier molecular flexibility index (Phi) is 12.3. The number of amides is 2. The molecule has 0 saturated heterocycles. The summed E-state index contributed by atoms with van der Waals surface area (Å²) >= 11 is 13.2. The quantitative estimate of drug-likeness (QED) is 0.141. The topological polar surface area (TPSA) is 86.8 Å². The van der Waals surface area contributed by atoms with Gasteiger partial charge < -0.3 is 10.2 Å². The van der Waals surface area contributed by atoms with Crippen molar-refractivity contribution < 1.29 is 18.0 Å². The number of nitrogens with zero attached hydrogens (tertiary/aromatic N) is 2. The number of carbonyl (C=O) groups is 2. The van der Waals surface area contributed by atoms with Gasteiger partial charge in [-0.3, -0.25) is 13.9 Å². The van der Waals surface area contributed by atoms with Crippen LogP contribution in [0.1, 0.15) is 42.0 Å². The predicted molar refractivity (Wildman–Crippen MR) is 186 cm³/mol. The van der Waals surface area contributed by atoms with Gasteiger partial charge >= 0.3 is 0 Å². The van der Waals surface area contributed by atoms with Crippen molar-refractivity contribution in [3.63, 3.8) is 0 Å². The van der Waals surface area contributed by atoms with Gasteiger partial charge in [0.1, 0.15) is 12.6 Å². The molecule has 4 aromatic rings. The fraction of sp³-hybridized carbons (Fsp3) is 0.278. The summed E-state index contributed by atoms with van der Waals surface area (Å²) in [5.74, 6) is -0.931. The first-order valence-corrected chi connectivity index (χ1v) is 17.4. The molecule has 0 unspecified atom stereocenters. The predicted octanol–water partition coefficient (Wildman–Crippen LogP) is 7.36. The lowest BCUT2D eigenvalue weighted by Gasteiger charge is -2.34. The average Bonchev–Trinajstić information content (AvgIpc) is 3.04. The van der Waals surface area contributed by atoms with Crippen molar-refractivity contribution >= 4 is 50.7 Å². The Balaban J connectivity index is 1.83. The SMILES string of the molecule is CCCCNC(=O)[C@@H](Cc1ccccc1)N(Cc1c(Cl)cccc1Cl)C(=O)CN(c1ccccc1C)S(=O)(=O)c1ccc(C)cc1. The molecule has 1 N–H and O–H groups in total. The van der Waals surface area contributed by atoms with Crippen molar-refractivity contribution in [2.45, 2.75) is 57.5 Å². The average molecular weight is 681 g/mol. The summed E-state index contributed by atoms with van der Waals surface area (Å²) in [6.07, 6.45) is 1.84. The van der Waals surface area contributed by atoms with Crippen molar-refractivity contribution in [3.8, 4) is 0 Å². The van der Waals surface area contributed by atoms with Gasteiger partial charge in [0.25, 0.3) is 10.0 Å². The highest BCUT2D eigenvalue weighted by atomic mass is 35.5. The van der Waals surface area contributed by atoms with E-state index < -0.39 is 28.5 Å². The third kappa shape index (κ3) is 8.69. The first-order valence-electron chi connectivity index (χ1n) is 15.2. The highest BCUT2D eigenvalue weighted by molar-refractivity contribution is 7.92. The molecule has 0 aliphatic carbocycles. The van der Waals surface area contributed by atoms with Crippen LogP contribution in [-0.4, -0.2) is 44.3 Å². The summed E-state index contributed by atoms with van der Waals surface area (Å²) in [5.41, 5.74) is 3.23. The number of unbranched alkanes of at least 4 members (excludes halogenated alkanes) is 1. The Morgan fingerprint density at radius 2 is 1.46 bits per heavy atom. The minimum Gasteiger partial charge on any atom is -0.354 e. The van der Waals surface area contributed by atoms with E-state index in [1.54, 1.807) is 61.5 Å². The zero-order valence-electron chi connectivity index (χ0n) is 26.2. The first kappa shape index (κ1) is 35.0. The molecule has 0 saturated carbocycles. The lowest BCUT2D eigenvalue weighted by Crippen LogP contribution is -2.53. The maximum Gasteiger partial charge on any atom is 0.264 e. The number of para-hydroxylation sites is 1. The summed E-state index contributed by atoms with van der Waals surface area (Å²) < 4.78 is 29.6. The Bertz CT molecular complexity index is 1730. The molecule has 0 radical (unpaired) electrons. The van der Waals surface area contributed by atoms with Gasteiger partial charge in [0, 0.05) is 35.1 Å². The van der Waals surface area contributed by atoms with Gasteiger partial charge in [-0.2, -0.15) is 0 Å². The smallest absolute Gasteiger partial charge is 0.264 e. The van der Waals surface area contributed by atoms with Crippen LogP contribution < -0.4 is 9.62 Å². The Labute approximate surface area is 282 Å². The van der Waals surface area contributed by atoms with Gasteiger partial charge in [0.15, 0.2) is 0 Å². The summed E-state index contributed by atoms with van der Waals surface area (Å²) in [4.78, 5) is 30.0. The van der Waals surface area contributed by atoms with Gasteiger partial charge in [-0.15, -0.1) is 0 Å². The molecule has 242 valence electrons. The first-order chi connectivity index (χ1) is 22.0. The van der Waals surface area contributed by atoms with Crippen LogP contribution in [0, 0.1) is 13.8 Å². The highest BCUT2D eigenvalue weighted by Gasteiger charge is 2.35. The molecular weight excluding hydrogens is 641 g/mol. The standard InChI is InChI=1S/C36H39Cl2N3O4S/c1-4-5-22-39-36(43)34(23-28-13-7-6-8-14-28)40(24-30-31(37)15-11-16-32(30)38)35(42)25-41(33-17-10-9-12-27(33)3)46(44,45)29-20-18-26(2)19-21-29/h6-21,34H,4-5,22-25H2,1-3H3,(H,39,43)/t34-/m1/s1. The maximum absolute atomic E-state index is 14.6. The number of carbonyl (C=O) groups excluding carboxylic acids is 2. The van der Waals surface area contributed by atoms with Crippen molar-refractivity contribution in [1.82, 2.24) is 10.2 Å². The number of halogens is 2. The van der Waals surface area contributed by atoms with Crippen molar-refractivity contribution in [2.24, 2.45) is 0 Å². The van der Waals surface area contributed by atoms with Gasteiger partial charge in [-0.05, 0) is 61.7 Å². The summed E-state index contributed by atoms with van der Waals surface area (Å²) in [7, 11) is -4.20. The van der Waals surface area contributed by atoms with Crippen LogP contribution >= 0.6 is 23.2 Å². The lowest BCUT2D eigenvalue weighted by atomic mass is 10.0. The lowest BCUT2D eigenvalue weighted by molar-refractivity contribution is -0.140. The molecule has 10 heteroatoms. The van der Waals surface area contributed by atoms with E-state index in [0.717, 1.165) is 28.3 Å². The van der Waals surface area contributed by atoms with Crippen LogP contribution in [-0.2, 0) is 32.6 Å². The second kappa shape index (κ2) is 16.1. The third-order valence-corrected chi connectivity index (χ3v) is 10.2.